The standard InChI is InChI=1S/C27H27FN4O/c1-19-25(32-13-3-2-9-26(32)30-19)16-27(33)31-12-5-7-22(18-31)24-11-10-21(17-29-24)14-20-6-4-8-23(28)15-20/h2-4,6,8-11,13,15,17,22H,5,7,12,14,16,18H2,1H3/t22-/m1/s1. The topological polar surface area (TPSA) is 50.5 Å². The number of hydrogen-bond acceptors (Lipinski definition) is 3. The fraction of sp³-hybridized carbons (Fsp3) is 0.296. The lowest BCUT2D eigenvalue weighted by Gasteiger charge is -2.32. The highest BCUT2D eigenvalue weighted by Crippen LogP contribution is 2.27. The summed E-state index contributed by atoms with van der Waals surface area (Å²) in [5.41, 5.74) is 5.73. The van der Waals surface area contributed by atoms with E-state index in [2.05, 4.69) is 17.1 Å². The van der Waals surface area contributed by atoms with E-state index in [9.17, 15) is 9.18 Å². The normalized spacial score (nSPS) is 16.3. The van der Waals surface area contributed by atoms with Crippen LogP contribution in [0.1, 0.15) is 47.0 Å². The molecule has 3 aromatic heterocycles. The lowest BCUT2D eigenvalue weighted by molar-refractivity contribution is -0.131. The van der Waals surface area contributed by atoms with E-state index in [0.717, 1.165) is 53.2 Å². The van der Waals surface area contributed by atoms with Crippen molar-refractivity contribution in [3.63, 3.8) is 0 Å². The Hall–Kier alpha value is -3.54. The summed E-state index contributed by atoms with van der Waals surface area (Å²) in [6.07, 6.45) is 6.83. The van der Waals surface area contributed by atoms with Gasteiger partial charge in [0.15, 0.2) is 0 Å². The summed E-state index contributed by atoms with van der Waals surface area (Å²) in [5.74, 6) is 0.147. The quantitative estimate of drug-likeness (QED) is 0.450. The highest BCUT2D eigenvalue weighted by Gasteiger charge is 2.26. The average molecular weight is 443 g/mol. The first-order valence-electron chi connectivity index (χ1n) is 11.5. The van der Waals surface area contributed by atoms with Gasteiger partial charge >= 0.3 is 0 Å². The number of carbonyl (C=O) groups is 1. The molecule has 33 heavy (non-hydrogen) atoms. The zero-order valence-corrected chi connectivity index (χ0v) is 18.7. The first-order chi connectivity index (χ1) is 16.1. The Morgan fingerprint density at radius 1 is 1.12 bits per heavy atom. The molecule has 6 heteroatoms. The summed E-state index contributed by atoms with van der Waals surface area (Å²) >= 11 is 0. The lowest BCUT2D eigenvalue weighted by Crippen LogP contribution is -2.40. The molecule has 1 aromatic carbocycles. The average Bonchev–Trinajstić information content (AvgIpc) is 3.14. The molecule has 0 N–H and O–H groups in total. The Labute approximate surface area is 192 Å². The summed E-state index contributed by atoms with van der Waals surface area (Å²) < 4.78 is 15.5. The number of amides is 1. The molecular formula is C27H27FN4O. The minimum absolute atomic E-state index is 0.135. The van der Waals surface area contributed by atoms with Gasteiger partial charge in [-0.05, 0) is 67.6 Å². The van der Waals surface area contributed by atoms with E-state index in [1.54, 1.807) is 12.1 Å². The van der Waals surface area contributed by atoms with E-state index < -0.39 is 0 Å². The number of hydrogen-bond donors (Lipinski definition) is 0. The highest BCUT2D eigenvalue weighted by molar-refractivity contribution is 5.79. The molecule has 0 aliphatic carbocycles. The molecule has 1 aliphatic heterocycles. The number of carbonyl (C=O) groups excluding carboxylic acids is 1. The van der Waals surface area contributed by atoms with Gasteiger partial charge in [-0.15, -0.1) is 0 Å². The van der Waals surface area contributed by atoms with Crippen molar-refractivity contribution < 1.29 is 9.18 Å². The monoisotopic (exact) mass is 442 g/mol. The summed E-state index contributed by atoms with van der Waals surface area (Å²) in [4.78, 5) is 24.4. The molecule has 0 unspecified atom stereocenters. The third kappa shape index (κ3) is 4.65. The van der Waals surface area contributed by atoms with E-state index in [1.807, 2.05) is 52.9 Å². The molecule has 1 saturated heterocycles. The third-order valence-corrected chi connectivity index (χ3v) is 6.48. The summed E-state index contributed by atoms with van der Waals surface area (Å²) in [5, 5.41) is 0. The Kier molecular flexibility index (Phi) is 5.90. The van der Waals surface area contributed by atoms with E-state index >= 15 is 0 Å². The summed E-state index contributed by atoms with van der Waals surface area (Å²) in [6, 6.07) is 16.7. The molecule has 1 amide bonds. The number of rotatable bonds is 5. The first-order valence-corrected chi connectivity index (χ1v) is 11.5. The maximum Gasteiger partial charge on any atom is 0.228 e. The van der Waals surface area contributed by atoms with Gasteiger partial charge in [-0.3, -0.25) is 9.78 Å². The molecule has 1 atom stereocenters. The van der Waals surface area contributed by atoms with Gasteiger partial charge in [-0.25, -0.2) is 9.37 Å². The van der Waals surface area contributed by atoms with E-state index in [-0.39, 0.29) is 17.6 Å². The highest BCUT2D eigenvalue weighted by atomic mass is 19.1. The smallest absolute Gasteiger partial charge is 0.228 e. The van der Waals surface area contributed by atoms with Gasteiger partial charge in [0.25, 0.3) is 0 Å². The van der Waals surface area contributed by atoms with Crippen LogP contribution >= 0.6 is 0 Å². The molecule has 1 fully saturated rings. The molecule has 4 heterocycles. The molecule has 0 saturated carbocycles. The van der Waals surface area contributed by atoms with E-state index in [0.29, 0.717) is 19.4 Å². The van der Waals surface area contributed by atoms with E-state index in [4.69, 9.17) is 4.98 Å². The predicted octanol–water partition coefficient (Wildman–Crippen LogP) is 4.72. The molecule has 0 spiro atoms. The van der Waals surface area contributed by atoms with Crippen molar-refractivity contribution in [3.05, 3.63) is 101 Å². The minimum atomic E-state index is -0.219. The zero-order valence-electron chi connectivity index (χ0n) is 18.7. The van der Waals surface area contributed by atoms with Crippen molar-refractivity contribution in [1.82, 2.24) is 19.3 Å². The number of fused-ring (bicyclic) bond motifs is 1. The molecule has 0 bridgehead atoms. The largest absolute Gasteiger partial charge is 0.342 e. The second kappa shape index (κ2) is 9.14. The predicted molar refractivity (Wildman–Crippen MR) is 126 cm³/mol. The zero-order chi connectivity index (χ0) is 22.8. The van der Waals surface area contributed by atoms with Crippen molar-refractivity contribution >= 4 is 11.6 Å². The third-order valence-electron chi connectivity index (χ3n) is 6.48. The second-order valence-electron chi connectivity index (χ2n) is 8.83. The number of likely N-dealkylation sites (tertiary alicyclic amines) is 1. The lowest BCUT2D eigenvalue weighted by atomic mass is 9.93. The first kappa shape index (κ1) is 21.3. The van der Waals surface area contributed by atoms with Crippen LogP contribution < -0.4 is 0 Å². The van der Waals surface area contributed by atoms with Crippen LogP contribution in [0.2, 0.25) is 0 Å². The summed E-state index contributed by atoms with van der Waals surface area (Å²) in [7, 11) is 0. The fourth-order valence-corrected chi connectivity index (χ4v) is 4.74. The van der Waals surface area contributed by atoms with Crippen LogP contribution in [-0.2, 0) is 17.6 Å². The van der Waals surface area contributed by atoms with Crippen LogP contribution in [0.25, 0.3) is 5.65 Å². The number of aryl methyl sites for hydroxylation is 1. The van der Waals surface area contributed by atoms with Gasteiger partial charge < -0.3 is 9.30 Å². The minimum Gasteiger partial charge on any atom is -0.342 e. The maximum atomic E-state index is 13.4. The van der Waals surface area contributed by atoms with Gasteiger partial charge in [0.2, 0.25) is 5.91 Å². The molecule has 5 nitrogen and oxygen atoms in total. The number of aromatic nitrogens is 3. The number of imidazole rings is 1. The van der Waals surface area contributed by atoms with Crippen LogP contribution in [-0.4, -0.2) is 38.3 Å². The van der Waals surface area contributed by atoms with Crippen molar-refractivity contribution in [2.75, 3.05) is 13.1 Å². The van der Waals surface area contributed by atoms with Crippen LogP contribution in [0.5, 0.6) is 0 Å². The molecule has 0 radical (unpaired) electrons. The van der Waals surface area contributed by atoms with Crippen LogP contribution in [0.3, 0.4) is 0 Å². The number of piperidine rings is 1. The number of halogens is 1. The van der Waals surface area contributed by atoms with Crippen molar-refractivity contribution in [1.29, 1.82) is 0 Å². The fourth-order valence-electron chi connectivity index (χ4n) is 4.74. The molecule has 5 rings (SSSR count). The van der Waals surface area contributed by atoms with Gasteiger partial charge in [-0.2, -0.15) is 0 Å². The summed E-state index contributed by atoms with van der Waals surface area (Å²) in [6.45, 7) is 3.43. The Balaban J connectivity index is 1.25. The Morgan fingerprint density at radius 2 is 2.03 bits per heavy atom. The van der Waals surface area contributed by atoms with Gasteiger partial charge in [-0.1, -0.05) is 24.3 Å². The van der Waals surface area contributed by atoms with Gasteiger partial charge in [0, 0.05) is 37.1 Å². The number of nitrogens with zero attached hydrogens (tertiary/aromatic N) is 4. The van der Waals surface area contributed by atoms with Gasteiger partial charge in [0.1, 0.15) is 11.5 Å². The molecule has 1 aliphatic rings. The molecule has 168 valence electrons. The Bertz CT molecular complexity index is 1280. The van der Waals surface area contributed by atoms with Crippen molar-refractivity contribution in [3.8, 4) is 0 Å². The maximum absolute atomic E-state index is 13.4. The number of benzene rings is 1. The molecule has 4 aromatic rings. The number of pyridine rings is 2. The SMILES string of the molecule is Cc1nc2ccccn2c1CC(=O)N1CCC[C@@H](c2ccc(Cc3cccc(F)c3)cn2)C1. The van der Waals surface area contributed by atoms with Crippen LogP contribution in [0.15, 0.2) is 67.0 Å². The Morgan fingerprint density at radius 3 is 2.85 bits per heavy atom. The molecular weight excluding hydrogens is 415 g/mol. The van der Waals surface area contributed by atoms with Crippen LogP contribution in [0, 0.1) is 12.7 Å². The van der Waals surface area contributed by atoms with E-state index in [1.165, 1.54) is 6.07 Å². The van der Waals surface area contributed by atoms with Crippen LogP contribution in [0.4, 0.5) is 4.39 Å². The second-order valence-corrected chi connectivity index (χ2v) is 8.83. The van der Waals surface area contributed by atoms with Crippen molar-refractivity contribution in [2.24, 2.45) is 0 Å². The van der Waals surface area contributed by atoms with Gasteiger partial charge in [0.05, 0.1) is 17.8 Å². The van der Waals surface area contributed by atoms with Crippen molar-refractivity contribution in [2.45, 2.75) is 38.5 Å².